The molecule has 1 amide bonds. The van der Waals surface area contributed by atoms with Gasteiger partial charge in [-0.1, -0.05) is 0 Å². The maximum Gasteiger partial charge on any atom is 0.251 e. The highest BCUT2D eigenvalue weighted by Gasteiger charge is 2.19. The zero-order valence-corrected chi connectivity index (χ0v) is 13.1. The summed E-state index contributed by atoms with van der Waals surface area (Å²) < 4.78 is 6.47. The largest absolute Gasteiger partial charge is 0.399 e. The van der Waals surface area contributed by atoms with E-state index in [1.807, 2.05) is 26.8 Å². The molecule has 0 aliphatic heterocycles. The van der Waals surface area contributed by atoms with Crippen molar-refractivity contribution in [2.45, 2.75) is 26.4 Å². The van der Waals surface area contributed by atoms with Crippen LogP contribution in [0.15, 0.2) is 18.2 Å². The van der Waals surface area contributed by atoms with E-state index in [2.05, 4.69) is 27.9 Å². The molecule has 0 spiro atoms. The first-order chi connectivity index (χ1) is 8.34. The van der Waals surface area contributed by atoms with E-state index in [9.17, 15) is 4.79 Å². The number of amides is 1. The number of nitrogens with one attached hydrogen (secondary N) is 1. The summed E-state index contributed by atoms with van der Waals surface area (Å²) in [4.78, 5) is 12.0. The molecule has 1 aromatic rings. The Labute approximate surface area is 121 Å². The predicted octanol–water partition coefficient (Wildman–Crippen LogP) is 2.42. The minimum atomic E-state index is -0.363. The second-order valence-electron chi connectivity index (χ2n) is 4.65. The summed E-state index contributed by atoms with van der Waals surface area (Å²) >= 11 is 2.14. The molecular weight excluding hydrogens is 343 g/mol. The molecule has 1 aromatic carbocycles. The molecule has 0 heterocycles. The van der Waals surface area contributed by atoms with Crippen LogP contribution in [0.1, 0.15) is 31.1 Å². The molecule has 5 heteroatoms. The Bertz CT molecular complexity index is 413. The van der Waals surface area contributed by atoms with Crippen LogP contribution in [-0.2, 0) is 4.74 Å². The molecule has 0 radical (unpaired) electrons. The topological polar surface area (TPSA) is 64.3 Å². The van der Waals surface area contributed by atoms with Crippen molar-refractivity contribution in [1.82, 2.24) is 5.32 Å². The van der Waals surface area contributed by atoms with Crippen LogP contribution in [-0.4, -0.2) is 24.7 Å². The van der Waals surface area contributed by atoms with Gasteiger partial charge in [-0.25, -0.2) is 0 Å². The molecule has 0 bridgehead atoms. The fourth-order valence-electron chi connectivity index (χ4n) is 1.58. The first-order valence-electron chi connectivity index (χ1n) is 5.82. The number of hydrogen-bond donors (Lipinski definition) is 2. The van der Waals surface area contributed by atoms with Gasteiger partial charge in [0, 0.05) is 28.0 Å². The number of hydrogen-bond acceptors (Lipinski definition) is 3. The van der Waals surface area contributed by atoms with Crippen LogP contribution in [0.2, 0.25) is 0 Å². The zero-order chi connectivity index (χ0) is 13.8. The van der Waals surface area contributed by atoms with Gasteiger partial charge >= 0.3 is 0 Å². The van der Waals surface area contributed by atoms with Gasteiger partial charge in [0.25, 0.3) is 5.91 Å². The quantitative estimate of drug-likeness (QED) is 0.625. The number of benzene rings is 1. The van der Waals surface area contributed by atoms with Gasteiger partial charge in [-0.3, -0.25) is 4.79 Å². The van der Waals surface area contributed by atoms with Gasteiger partial charge in [0.1, 0.15) is 0 Å². The van der Waals surface area contributed by atoms with E-state index in [1.54, 1.807) is 12.1 Å². The third-order valence-corrected chi connectivity index (χ3v) is 3.01. The van der Waals surface area contributed by atoms with E-state index >= 15 is 0 Å². The highest BCUT2D eigenvalue weighted by Crippen LogP contribution is 2.14. The standard InChI is InChI=1S/C13H19IN2O2/c1-4-18-13(2,3)8-16-12(17)9-5-10(14)7-11(15)6-9/h5-7H,4,8,15H2,1-3H3,(H,16,17). The van der Waals surface area contributed by atoms with Gasteiger partial charge in [-0.05, 0) is 61.6 Å². The lowest BCUT2D eigenvalue weighted by molar-refractivity contribution is -0.00815. The molecule has 0 fully saturated rings. The van der Waals surface area contributed by atoms with Crippen LogP contribution in [0.5, 0.6) is 0 Å². The van der Waals surface area contributed by atoms with Crippen LogP contribution in [0, 0.1) is 3.57 Å². The van der Waals surface area contributed by atoms with Crippen molar-refractivity contribution in [1.29, 1.82) is 0 Å². The fraction of sp³-hybridized carbons (Fsp3) is 0.462. The van der Waals surface area contributed by atoms with E-state index in [-0.39, 0.29) is 11.5 Å². The van der Waals surface area contributed by atoms with Crippen LogP contribution in [0.3, 0.4) is 0 Å². The van der Waals surface area contributed by atoms with E-state index in [0.29, 0.717) is 24.4 Å². The molecule has 0 saturated heterocycles. The summed E-state index contributed by atoms with van der Waals surface area (Å²) in [6.07, 6.45) is 0. The lowest BCUT2D eigenvalue weighted by Gasteiger charge is -2.24. The normalized spacial score (nSPS) is 11.3. The molecular formula is C13H19IN2O2. The molecule has 0 atom stereocenters. The number of nitrogen functional groups attached to an aromatic ring is 1. The van der Waals surface area contributed by atoms with Crippen molar-refractivity contribution >= 4 is 34.2 Å². The summed E-state index contributed by atoms with van der Waals surface area (Å²) in [7, 11) is 0. The minimum absolute atomic E-state index is 0.131. The van der Waals surface area contributed by atoms with Gasteiger partial charge in [0.15, 0.2) is 0 Å². The summed E-state index contributed by atoms with van der Waals surface area (Å²) in [5.74, 6) is -0.131. The first-order valence-corrected chi connectivity index (χ1v) is 6.90. The third kappa shape index (κ3) is 4.81. The molecule has 0 aliphatic carbocycles. The van der Waals surface area contributed by atoms with Crippen molar-refractivity contribution < 1.29 is 9.53 Å². The fourth-order valence-corrected chi connectivity index (χ4v) is 2.28. The number of nitrogens with two attached hydrogens (primary N) is 1. The SMILES string of the molecule is CCOC(C)(C)CNC(=O)c1cc(N)cc(I)c1. The number of carbonyl (C=O) groups excluding carboxylic acids is 1. The first kappa shape index (κ1) is 15.2. The Balaban J connectivity index is 2.66. The van der Waals surface area contributed by atoms with Crippen molar-refractivity contribution in [3.8, 4) is 0 Å². The zero-order valence-electron chi connectivity index (χ0n) is 10.9. The smallest absolute Gasteiger partial charge is 0.251 e. The third-order valence-electron chi connectivity index (χ3n) is 2.39. The van der Waals surface area contributed by atoms with Crippen LogP contribution in [0.25, 0.3) is 0 Å². The molecule has 0 saturated carbocycles. The van der Waals surface area contributed by atoms with Crippen LogP contribution >= 0.6 is 22.6 Å². The molecule has 18 heavy (non-hydrogen) atoms. The Kier molecular flexibility index (Phi) is 5.40. The Morgan fingerprint density at radius 1 is 1.44 bits per heavy atom. The van der Waals surface area contributed by atoms with Gasteiger partial charge < -0.3 is 15.8 Å². The van der Waals surface area contributed by atoms with Crippen molar-refractivity contribution in [2.75, 3.05) is 18.9 Å². The van der Waals surface area contributed by atoms with Gasteiger partial charge in [0.05, 0.1) is 5.60 Å². The minimum Gasteiger partial charge on any atom is -0.399 e. The van der Waals surface area contributed by atoms with Gasteiger partial charge in [0.2, 0.25) is 0 Å². The summed E-state index contributed by atoms with van der Waals surface area (Å²) in [5, 5.41) is 2.86. The Morgan fingerprint density at radius 3 is 2.67 bits per heavy atom. The molecule has 4 nitrogen and oxygen atoms in total. The lowest BCUT2D eigenvalue weighted by atomic mass is 10.1. The molecule has 0 aromatic heterocycles. The predicted molar refractivity (Wildman–Crippen MR) is 81.6 cm³/mol. The summed E-state index contributed by atoms with van der Waals surface area (Å²) in [6.45, 7) is 6.91. The average molecular weight is 362 g/mol. The van der Waals surface area contributed by atoms with Crippen molar-refractivity contribution in [3.63, 3.8) is 0 Å². The second-order valence-corrected chi connectivity index (χ2v) is 5.89. The Morgan fingerprint density at radius 2 is 2.11 bits per heavy atom. The number of halogens is 1. The van der Waals surface area contributed by atoms with Crippen LogP contribution in [0.4, 0.5) is 5.69 Å². The van der Waals surface area contributed by atoms with E-state index in [1.165, 1.54) is 0 Å². The molecule has 0 aliphatic rings. The molecule has 0 unspecified atom stereocenters. The second kappa shape index (κ2) is 6.38. The van der Waals surface area contributed by atoms with Gasteiger partial charge in [-0.15, -0.1) is 0 Å². The van der Waals surface area contributed by atoms with Crippen LogP contribution < -0.4 is 11.1 Å². The summed E-state index contributed by atoms with van der Waals surface area (Å²) in [5.41, 5.74) is 6.52. The number of anilines is 1. The van der Waals surface area contributed by atoms with E-state index in [0.717, 1.165) is 3.57 Å². The number of ether oxygens (including phenoxy) is 1. The monoisotopic (exact) mass is 362 g/mol. The van der Waals surface area contributed by atoms with E-state index in [4.69, 9.17) is 10.5 Å². The lowest BCUT2D eigenvalue weighted by Crippen LogP contribution is -2.40. The molecule has 100 valence electrons. The highest BCUT2D eigenvalue weighted by molar-refractivity contribution is 14.1. The molecule has 1 rings (SSSR count). The number of carbonyl (C=O) groups is 1. The van der Waals surface area contributed by atoms with E-state index < -0.39 is 0 Å². The van der Waals surface area contributed by atoms with Crippen molar-refractivity contribution in [2.24, 2.45) is 0 Å². The maximum atomic E-state index is 12.0. The summed E-state index contributed by atoms with van der Waals surface area (Å²) in [6, 6.07) is 5.30. The maximum absolute atomic E-state index is 12.0. The van der Waals surface area contributed by atoms with Gasteiger partial charge in [-0.2, -0.15) is 0 Å². The molecule has 3 N–H and O–H groups in total. The van der Waals surface area contributed by atoms with Crippen molar-refractivity contribution in [3.05, 3.63) is 27.3 Å². The average Bonchev–Trinajstić information content (AvgIpc) is 2.24. The Hall–Kier alpha value is -0.820. The number of rotatable bonds is 5. The highest BCUT2D eigenvalue weighted by atomic mass is 127.